The van der Waals surface area contributed by atoms with E-state index in [9.17, 15) is 4.79 Å². The summed E-state index contributed by atoms with van der Waals surface area (Å²) >= 11 is 6.05. The van der Waals surface area contributed by atoms with Gasteiger partial charge in [-0.25, -0.2) is 4.98 Å². The van der Waals surface area contributed by atoms with Crippen molar-refractivity contribution in [1.82, 2.24) is 15.2 Å². The molecule has 5 nitrogen and oxygen atoms in total. The van der Waals surface area contributed by atoms with E-state index in [1.54, 1.807) is 19.3 Å². The fraction of sp³-hybridized carbons (Fsp3) is 0.571. The van der Waals surface area contributed by atoms with Gasteiger partial charge in [-0.05, 0) is 32.0 Å². The molecule has 2 heterocycles. The molecule has 0 aromatic carbocycles. The number of aromatic nitrogens is 1. The van der Waals surface area contributed by atoms with Gasteiger partial charge >= 0.3 is 0 Å². The molecule has 2 unspecified atom stereocenters. The van der Waals surface area contributed by atoms with Gasteiger partial charge in [0.1, 0.15) is 5.82 Å². The van der Waals surface area contributed by atoms with Gasteiger partial charge in [-0.15, -0.1) is 0 Å². The van der Waals surface area contributed by atoms with Gasteiger partial charge in [-0.2, -0.15) is 0 Å². The van der Waals surface area contributed by atoms with E-state index >= 15 is 0 Å². The highest BCUT2D eigenvalue weighted by molar-refractivity contribution is 6.33. The minimum absolute atomic E-state index is 0.108. The van der Waals surface area contributed by atoms with E-state index in [1.165, 1.54) is 0 Å². The van der Waals surface area contributed by atoms with Gasteiger partial charge < -0.3 is 15.5 Å². The topological polar surface area (TPSA) is 57.3 Å². The lowest BCUT2D eigenvalue weighted by Gasteiger charge is -2.35. The van der Waals surface area contributed by atoms with E-state index in [0.29, 0.717) is 22.3 Å². The van der Waals surface area contributed by atoms with E-state index < -0.39 is 0 Å². The maximum Gasteiger partial charge on any atom is 0.253 e. The van der Waals surface area contributed by atoms with Crippen LogP contribution in [0.3, 0.4) is 0 Å². The van der Waals surface area contributed by atoms with Crippen molar-refractivity contribution >= 4 is 23.3 Å². The van der Waals surface area contributed by atoms with Crippen LogP contribution in [0.5, 0.6) is 0 Å². The molecule has 1 amide bonds. The molecule has 0 radical (unpaired) electrons. The molecule has 2 atom stereocenters. The number of nitrogens with zero attached hydrogens (tertiary/aromatic N) is 2. The minimum atomic E-state index is -0.108. The molecule has 0 spiro atoms. The van der Waals surface area contributed by atoms with Gasteiger partial charge in [0.15, 0.2) is 0 Å². The number of likely N-dealkylation sites (tertiary alicyclic amines) is 1. The quantitative estimate of drug-likeness (QED) is 0.894. The highest BCUT2D eigenvalue weighted by atomic mass is 35.5. The lowest BCUT2D eigenvalue weighted by atomic mass is 9.94. The first-order valence-electron chi connectivity index (χ1n) is 6.84. The summed E-state index contributed by atoms with van der Waals surface area (Å²) < 4.78 is 0. The van der Waals surface area contributed by atoms with Gasteiger partial charge in [-0.1, -0.05) is 18.5 Å². The van der Waals surface area contributed by atoms with E-state index in [4.69, 9.17) is 11.6 Å². The third kappa shape index (κ3) is 3.41. The van der Waals surface area contributed by atoms with Gasteiger partial charge in [0.2, 0.25) is 0 Å². The molecule has 20 heavy (non-hydrogen) atoms. The zero-order valence-electron chi connectivity index (χ0n) is 12.1. The van der Waals surface area contributed by atoms with Crippen LogP contribution < -0.4 is 10.6 Å². The number of amides is 1. The molecular weight excluding hydrogens is 276 g/mol. The number of pyridine rings is 1. The van der Waals surface area contributed by atoms with Crippen LogP contribution in [-0.4, -0.2) is 49.0 Å². The predicted octanol–water partition coefficient (Wildman–Crippen LogP) is 1.85. The Morgan fingerprint density at radius 3 is 2.90 bits per heavy atom. The largest absolute Gasteiger partial charge is 0.372 e. The summed E-state index contributed by atoms with van der Waals surface area (Å²) in [5, 5.41) is 6.42. The monoisotopic (exact) mass is 296 g/mol. The van der Waals surface area contributed by atoms with Crippen molar-refractivity contribution in [2.75, 3.05) is 32.5 Å². The van der Waals surface area contributed by atoms with Crippen LogP contribution >= 0.6 is 11.6 Å². The van der Waals surface area contributed by atoms with Crippen LogP contribution in [0, 0.1) is 5.92 Å². The summed E-state index contributed by atoms with van der Waals surface area (Å²) in [7, 11) is 3.85. The number of carbonyl (C=O) groups is 1. The van der Waals surface area contributed by atoms with E-state index in [1.807, 2.05) is 0 Å². The SMILES string of the molecule is CNc1ncc(C(=O)NC2CCN(C)CC2C)cc1Cl. The molecule has 1 fully saturated rings. The van der Waals surface area contributed by atoms with Crippen molar-refractivity contribution < 1.29 is 4.79 Å². The first-order valence-corrected chi connectivity index (χ1v) is 7.21. The molecule has 0 aliphatic carbocycles. The minimum Gasteiger partial charge on any atom is -0.372 e. The van der Waals surface area contributed by atoms with Crippen molar-refractivity contribution in [3.63, 3.8) is 0 Å². The maximum atomic E-state index is 12.2. The van der Waals surface area contributed by atoms with E-state index in [2.05, 4.69) is 34.5 Å². The number of hydrogen-bond acceptors (Lipinski definition) is 4. The first kappa shape index (κ1) is 15.1. The fourth-order valence-electron chi connectivity index (χ4n) is 2.57. The number of rotatable bonds is 3. The molecule has 1 aliphatic rings. The normalized spacial score (nSPS) is 23.4. The number of halogens is 1. The van der Waals surface area contributed by atoms with Crippen molar-refractivity contribution in [2.45, 2.75) is 19.4 Å². The molecule has 110 valence electrons. The molecule has 1 aromatic rings. The highest BCUT2D eigenvalue weighted by Crippen LogP contribution is 2.20. The van der Waals surface area contributed by atoms with Gasteiger partial charge in [-0.3, -0.25) is 4.79 Å². The lowest BCUT2D eigenvalue weighted by molar-refractivity contribution is 0.0883. The van der Waals surface area contributed by atoms with Crippen LogP contribution in [0.2, 0.25) is 5.02 Å². The number of anilines is 1. The van der Waals surface area contributed by atoms with Gasteiger partial charge in [0, 0.05) is 25.8 Å². The maximum absolute atomic E-state index is 12.2. The average Bonchev–Trinajstić information content (AvgIpc) is 2.41. The van der Waals surface area contributed by atoms with Crippen molar-refractivity contribution in [2.24, 2.45) is 5.92 Å². The molecule has 0 bridgehead atoms. The number of piperidine rings is 1. The Kier molecular flexibility index (Phi) is 4.83. The second kappa shape index (κ2) is 6.41. The Morgan fingerprint density at radius 1 is 1.55 bits per heavy atom. The standard InChI is InChI=1S/C14H21ClN4O/c1-9-8-19(3)5-4-12(9)18-14(20)10-6-11(15)13(16-2)17-7-10/h6-7,9,12H,4-5,8H2,1-3H3,(H,16,17)(H,18,20). The number of nitrogens with one attached hydrogen (secondary N) is 2. The molecule has 2 N–H and O–H groups in total. The molecule has 2 rings (SSSR count). The van der Waals surface area contributed by atoms with Crippen LogP contribution in [0.25, 0.3) is 0 Å². The summed E-state index contributed by atoms with van der Waals surface area (Å²) in [6.07, 6.45) is 2.52. The Balaban J connectivity index is 2.03. The van der Waals surface area contributed by atoms with Crippen LogP contribution in [0.15, 0.2) is 12.3 Å². The average molecular weight is 297 g/mol. The summed E-state index contributed by atoms with van der Waals surface area (Å²) in [6.45, 7) is 4.17. The number of carbonyl (C=O) groups excluding carboxylic acids is 1. The molecule has 1 aromatic heterocycles. The third-order valence-electron chi connectivity index (χ3n) is 3.77. The number of hydrogen-bond donors (Lipinski definition) is 2. The fourth-order valence-corrected chi connectivity index (χ4v) is 2.83. The first-order chi connectivity index (χ1) is 9.51. The van der Waals surface area contributed by atoms with Gasteiger partial charge in [0.25, 0.3) is 5.91 Å². The Bertz CT molecular complexity index is 494. The molecule has 0 saturated carbocycles. The van der Waals surface area contributed by atoms with Crippen molar-refractivity contribution in [3.8, 4) is 0 Å². The second-order valence-corrected chi connectivity index (χ2v) is 5.82. The van der Waals surface area contributed by atoms with Crippen LogP contribution in [0.4, 0.5) is 5.82 Å². The summed E-state index contributed by atoms with van der Waals surface area (Å²) in [4.78, 5) is 18.7. The van der Waals surface area contributed by atoms with Crippen LogP contribution in [-0.2, 0) is 0 Å². The predicted molar refractivity (Wildman–Crippen MR) is 81.3 cm³/mol. The van der Waals surface area contributed by atoms with Crippen LogP contribution in [0.1, 0.15) is 23.7 Å². The highest BCUT2D eigenvalue weighted by Gasteiger charge is 2.26. The summed E-state index contributed by atoms with van der Waals surface area (Å²) in [5.74, 6) is 0.914. The zero-order chi connectivity index (χ0) is 14.7. The molecular formula is C14H21ClN4O. The molecule has 1 saturated heterocycles. The molecule has 1 aliphatic heterocycles. The van der Waals surface area contributed by atoms with E-state index in [0.717, 1.165) is 19.5 Å². The third-order valence-corrected chi connectivity index (χ3v) is 4.05. The van der Waals surface area contributed by atoms with E-state index in [-0.39, 0.29) is 11.9 Å². The Hall–Kier alpha value is -1.33. The zero-order valence-corrected chi connectivity index (χ0v) is 12.9. The van der Waals surface area contributed by atoms with Crippen molar-refractivity contribution in [3.05, 3.63) is 22.8 Å². The Morgan fingerprint density at radius 2 is 2.30 bits per heavy atom. The van der Waals surface area contributed by atoms with Gasteiger partial charge in [0.05, 0.1) is 10.6 Å². The lowest BCUT2D eigenvalue weighted by Crippen LogP contribution is -2.48. The second-order valence-electron chi connectivity index (χ2n) is 5.41. The summed E-state index contributed by atoms with van der Waals surface area (Å²) in [5.41, 5.74) is 0.500. The summed E-state index contributed by atoms with van der Waals surface area (Å²) in [6, 6.07) is 1.86. The molecule has 6 heteroatoms. The smallest absolute Gasteiger partial charge is 0.253 e. The Labute approximate surface area is 124 Å². The van der Waals surface area contributed by atoms with Crippen molar-refractivity contribution in [1.29, 1.82) is 0 Å².